The van der Waals surface area contributed by atoms with Gasteiger partial charge in [-0.25, -0.2) is 13.6 Å². The Hall–Kier alpha value is -2.12. The molecule has 0 saturated heterocycles. The van der Waals surface area contributed by atoms with Crippen LogP contribution in [0.1, 0.15) is 21.7 Å². The molecule has 1 amide bonds. The fourth-order valence-corrected chi connectivity index (χ4v) is 3.04. The SMILES string of the molecule is Cc1ccoc1C(=O)N1CCc2cc(S(N)(=O)=O)ccc21. The quantitative estimate of drug-likeness (QED) is 0.908. The second-order valence-electron chi connectivity index (χ2n) is 4.98. The number of amides is 1. The maximum absolute atomic E-state index is 12.5. The van der Waals surface area contributed by atoms with Gasteiger partial charge in [0.25, 0.3) is 5.91 Å². The number of anilines is 1. The van der Waals surface area contributed by atoms with E-state index in [1.807, 2.05) is 0 Å². The molecule has 0 bridgehead atoms. The lowest BCUT2D eigenvalue weighted by Gasteiger charge is -2.16. The van der Waals surface area contributed by atoms with Gasteiger partial charge in [0.1, 0.15) is 0 Å². The fourth-order valence-electron chi connectivity index (χ4n) is 2.48. The van der Waals surface area contributed by atoms with Crippen LogP contribution in [-0.4, -0.2) is 20.9 Å². The van der Waals surface area contributed by atoms with E-state index in [1.165, 1.54) is 18.4 Å². The van der Waals surface area contributed by atoms with Crippen molar-refractivity contribution in [2.45, 2.75) is 18.2 Å². The number of furan rings is 1. The van der Waals surface area contributed by atoms with Crippen molar-refractivity contribution in [2.24, 2.45) is 5.14 Å². The number of carbonyl (C=O) groups is 1. The van der Waals surface area contributed by atoms with Crippen LogP contribution < -0.4 is 10.0 Å². The third-order valence-electron chi connectivity index (χ3n) is 3.58. The van der Waals surface area contributed by atoms with Crippen molar-refractivity contribution in [3.63, 3.8) is 0 Å². The normalized spacial score (nSPS) is 14.3. The van der Waals surface area contributed by atoms with Crippen molar-refractivity contribution in [1.82, 2.24) is 0 Å². The van der Waals surface area contributed by atoms with Gasteiger partial charge in [0.15, 0.2) is 5.76 Å². The average molecular weight is 306 g/mol. The molecular formula is C14H14N2O4S. The first-order valence-electron chi connectivity index (χ1n) is 6.39. The van der Waals surface area contributed by atoms with Crippen LogP contribution in [0.3, 0.4) is 0 Å². The summed E-state index contributed by atoms with van der Waals surface area (Å²) < 4.78 is 27.9. The molecule has 1 aliphatic heterocycles. The van der Waals surface area contributed by atoms with Crippen LogP contribution in [-0.2, 0) is 16.4 Å². The van der Waals surface area contributed by atoms with E-state index in [9.17, 15) is 13.2 Å². The molecule has 1 aliphatic rings. The molecule has 0 fully saturated rings. The van der Waals surface area contributed by atoms with Crippen LogP contribution in [0.25, 0.3) is 0 Å². The van der Waals surface area contributed by atoms with Gasteiger partial charge in [-0.1, -0.05) is 0 Å². The van der Waals surface area contributed by atoms with Gasteiger partial charge in [0, 0.05) is 17.8 Å². The van der Waals surface area contributed by atoms with Gasteiger partial charge < -0.3 is 9.32 Å². The Morgan fingerprint density at radius 2 is 2.10 bits per heavy atom. The highest BCUT2D eigenvalue weighted by atomic mass is 32.2. The summed E-state index contributed by atoms with van der Waals surface area (Å²) in [5, 5.41) is 5.12. The molecule has 1 aromatic heterocycles. The Bertz CT molecular complexity index is 823. The molecule has 6 nitrogen and oxygen atoms in total. The Balaban J connectivity index is 1.98. The van der Waals surface area contributed by atoms with Crippen molar-refractivity contribution in [3.05, 3.63) is 47.4 Å². The molecule has 2 aromatic rings. The van der Waals surface area contributed by atoms with Crippen LogP contribution in [0, 0.1) is 6.92 Å². The molecule has 7 heteroatoms. The van der Waals surface area contributed by atoms with E-state index in [4.69, 9.17) is 9.56 Å². The van der Waals surface area contributed by atoms with Gasteiger partial charge >= 0.3 is 0 Å². The number of carbonyl (C=O) groups excluding carboxylic acids is 1. The first-order chi connectivity index (χ1) is 9.88. The summed E-state index contributed by atoms with van der Waals surface area (Å²) in [6.45, 7) is 2.29. The van der Waals surface area contributed by atoms with E-state index >= 15 is 0 Å². The highest BCUT2D eigenvalue weighted by Crippen LogP contribution is 2.31. The third-order valence-corrected chi connectivity index (χ3v) is 4.49. The summed E-state index contributed by atoms with van der Waals surface area (Å²) in [5.74, 6) is 0.0815. The van der Waals surface area contributed by atoms with Gasteiger partial charge in [0.05, 0.1) is 11.2 Å². The summed E-state index contributed by atoms with van der Waals surface area (Å²) in [5.41, 5.74) is 2.26. The lowest BCUT2D eigenvalue weighted by Crippen LogP contribution is -2.29. The van der Waals surface area contributed by atoms with Gasteiger partial charge in [-0.3, -0.25) is 4.79 Å². The fraction of sp³-hybridized carbons (Fsp3) is 0.214. The Labute approximate surface area is 122 Å². The molecular weight excluding hydrogens is 292 g/mol. The summed E-state index contributed by atoms with van der Waals surface area (Å²) in [7, 11) is -3.73. The summed E-state index contributed by atoms with van der Waals surface area (Å²) in [6, 6.07) is 6.27. The maximum atomic E-state index is 12.5. The standard InChI is InChI=1S/C14H14N2O4S/c1-9-5-7-20-13(9)14(17)16-6-4-10-8-11(21(15,18)19)2-3-12(10)16/h2-3,5,7-8H,4,6H2,1H3,(H2,15,18,19). The van der Waals surface area contributed by atoms with E-state index in [0.29, 0.717) is 24.4 Å². The number of hydrogen-bond acceptors (Lipinski definition) is 4. The average Bonchev–Trinajstić information content (AvgIpc) is 3.02. The van der Waals surface area contributed by atoms with Crippen molar-refractivity contribution in [3.8, 4) is 0 Å². The maximum Gasteiger partial charge on any atom is 0.294 e. The zero-order valence-corrected chi connectivity index (χ0v) is 12.2. The molecule has 3 rings (SSSR count). The van der Waals surface area contributed by atoms with Crippen LogP contribution in [0.4, 0.5) is 5.69 Å². The van der Waals surface area contributed by atoms with Crippen LogP contribution >= 0.6 is 0 Å². The monoisotopic (exact) mass is 306 g/mol. The third kappa shape index (κ3) is 2.34. The minimum Gasteiger partial charge on any atom is -0.459 e. The van der Waals surface area contributed by atoms with E-state index in [2.05, 4.69) is 0 Å². The van der Waals surface area contributed by atoms with E-state index in [0.717, 1.165) is 11.1 Å². The zero-order chi connectivity index (χ0) is 15.2. The minimum atomic E-state index is -3.73. The van der Waals surface area contributed by atoms with Gasteiger partial charge in [0.2, 0.25) is 10.0 Å². The molecule has 2 heterocycles. The molecule has 0 atom stereocenters. The largest absolute Gasteiger partial charge is 0.459 e. The van der Waals surface area contributed by atoms with E-state index in [1.54, 1.807) is 24.0 Å². The number of nitrogens with zero attached hydrogens (tertiary/aromatic N) is 1. The number of fused-ring (bicyclic) bond motifs is 1. The topological polar surface area (TPSA) is 93.6 Å². The number of aryl methyl sites for hydroxylation is 1. The predicted molar refractivity (Wildman–Crippen MR) is 76.6 cm³/mol. The number of primary sulfonamides is 1. The highest BCUT2D eigenvalue weighted by molar-refractivity contribution is 7.89. The Kier molecular flexibility index (Phi) is 3.11. The number of hydrogen-bond donors (Lipinski definition) is 1. The van der Waals surface area contributed by atoms with Crippen LogP contribution in [0.2, 0.25) is 0 Å². The molecule has 0 aliphatic carbocycles. The summed E-state index contributed by atoms with van der Waals surface area (Å²) in [4.78, 5) is 14.1. The summed E-state index contributed by atoms with van der Waals surface area (Å²) in [6.07, 6.45) is 2.06. The first kappa shape index (κ1) is 13.8. The number of benzene rings is 1. The predicted octanol–water partition coefficient (Wildman–Crippen LogP) is 1.44. The van der Waals surface area contributed by atoms with Gasteiger partial charge in [-0.2, -0.15) is 0 Å². The minimum absolute atomic E-state index is 0.0599. The molecule has 110 valence electrons. The molecule has 0 spiro atoms. The van der Waals surface area contributed by atoms with Crippen molar-refractivity contribution < 1.29 is 17.6 Å². The first-order valence-corrected chi connectivity index (χ1v) is 7.94. The van der Waals surface area contributed by atoms with E-state index in [-0.39, 0.29) is 10.8 Å². The molecule has 0 unspecified atom stereocenters. The van der Waals surface area contributed by atoms with Crippen LogP contribution in [0.5, 0.6) is 0 Å². The number of sulfonamides is 1. The molecule has 21 heavy (non-hydrogen) atoms. The Morgan fingerprint density at radius 1 is 1.33 bits per heavy atom. The molecule has 0 radical (unpaired) electrons. The highest BCUT2D eigenvalue weighted by Gasteiger charge is 2.29. The second kappa shape index (κ2) is 4.71. The summed E-state index contributed by atoms with van der Waals surface area (Å²) >= 11 is 0. The zero-order valence-electron chi connectivity index (χ0n) is 11.4. The van der Waals surface area contributed by atoms with Gasteiger partial charge in [-0.05, 0) is 43.2 Å². The lowest BCUT2D eigenvalue weighted by molar-refractivity contribution is 0.0962. The van der Waals surface area contributed by atoms with E-state index < -0.39 is 10.0 Å². The second-order valence-corrected chi connectivity index (χ2v) is 6.54. The smallest absolute Gasteiger partial charge is 0.294 e. The molecule has 0 saturated carbocycles. The van der Waals surface area contributed by atoms with Crippen molar-refractivity contribution in [1.29, 1.82) is 0 Å². The lowest BCUT2D eigenvalue weighted by atomic mass is 10.2. The number of nitrogens with two attached hydrogens (primary N) is 1. The van der Waals surface area contributed by atoms with Crippen molar-refractivity contribution in [2.75, 3.05) is 11.4 Å². The Morgan fingerprint density at radius 3 is 2.71 bits per heavy atom. The molecule has 1 aromatic carbocycles. The number of rotatable bonds is 2. The van der Waals surface area contributed by atoms with Gasteiger partial charge in [-0.15, -0.1) is 0 Å². The van der Waals surface area contributed by atoms with Crippen LogP contribution in [0.15, 0.2) is 39.8 Å². The van der Waals surface area contributed by atoms with Crippen molar-refractivity contribution >= 4 is 21.6 Å². The molecule has 2 N–H and O–H groups in total.